The normalized spacial score (nSPS) is 7.23. The number of nitrogens with zero attached hydrogens (tertiary/aromatic N) is 1. The molecule has 0 aliphatic heterocycles. The van der Waals surface area contributed by atoms with E-state index in [1.807, 2.05) is 52.8 Å². The third kappa shape index (κ3) is 7.32. The first-order valence-electron chi connectivity index (χ1n) is 4.80. The summed E-state index contributed by atoms with van der Waals surface area (Å²) >= 11 is 0. The zero-order valence-corrected chi connectivity index (χ0v) is 9.59. The average molecular weight is 183 g/mol. The molecule has 76 valence electrons. The molecule has 1 aromatic rings. The molecule has 2 heteroatoms. The Hall–Kier alpha value is -1.05. The summed E-state index contributed by atoms with van der Waals surface area (Å²) in [5.74, 6) is 0.676. The van der Waals surface area contributed by atoms with Crippen molar-refractivity contribution in [3.8, 4) is 5.88 Å². The molecule has 0 atom stereocenters. The Morgan fingerprint density at radius 1 is 1.08 bits per heavy atom. The van der Waals surface area contributed by atoms with Crippen LogP contribution >= 0.6 is 0 Å². The van der Waals surface area contributed by atoms with Crippen LogP contribution in [0.25, 0.3) is 0 Å². The number of pyridine rings is 1. The van der Waals surface area contributed by atoms with Crippen molar-refractivity contribution in [2.45, 2.75) is 34.6 Å². The molecule has 1 aromatic heterocycles. The van der Waals surface area contributed by atoms with E-state index in [0.29, 0.717) is 5.88 Å². The standard InChI is InChI=1S/C7H9NO.2C2H6/c1-6-4-3-5-7(8-6)9-2;2*1-2/h3-5H,1-2H3;2*1-2H3. The van der Waals surface area contributed by atoms with E-state index in [4.69, 9.17) is 4.74 Å². The van der Waals surface area contributed by atoms with Crippen molar-refractivity contribution in [3.05, 3.63) is 23.9 Å². The van der Waals surface area contributed by atoms with Gasteiger partial charge in [0.05, 0.1) is 7.11 Å². The first-order valence-corrected chi connectivity index (χ1v) is 4.80. The van der Waals surface area contributed by atoms with Crippen LogP contribution in [0.4, 0.5) is 0 Å². The highest BCUT2D eigenvalue weighted by atomic mass is 16.5. The first-order chi connectivity index (χ1) is 6.33. The topological polar surface area (TPSA) is 22.1 Å². The lowest BCUT2D eigenvalue weighted by atomic mass is 10.4. The molecule has 13 heavy (non-hydrogen) atoms. The fourth-order valence-corrected chi connectivity index (χ4v) is 0.632. The Morgan fingerprint density at radius 2 is 1.62 bits per heavy atom. The zero-order chi connectivity index (χ0) is 10.7. The Labute approximate surface area is 82.0 Å². The summed E-state index contributed by atoms with van der Waals surface area (Å²) in [6, 6.07) is 5.68. The Bertz CT molecular complexity index is 199. The van der Waals surface area contributed by atoms with Gasteiger partial charge in [-0.05, 0) is 13.0 Å². The van der Waals surface area contributed by atoms with Crippen LogP contribution in [0.1, 0.15) is 33.4 Å². The number of aryl methyl sites for hydroxylation is 1. The highest BCUT2D eigenvalue weighted by Gasteiger charge is 1.88. The number of hydrogen-bond donors (Lipinski definition) is 0. The van der Waals surface area contributed by atoms with E-state index in [-0.39, 0.29) is 0 Å². The summed E-state index contributed by atoms with van der Waals surface area (Å²) in [6.07, 6.45) is 0. The summed E-state index contributed by atoms with van der Waals surface area (Å²) in [4.78, 5) is 4.07. The highest BCUT2D eigenvalue weighted by Crippen LogP contribution is 2.04. The van der Waals surface area contributed by atoms with Crippen LogP contribution in [0.2, 0.25) is 0 Å². The molecular formula is C11H21NO. The van der Waals surface area contributed by atoms with Crippen LogP contribution in [0, 0.1) is 6.92 Å². The molecule has 1 rings (SSSR count). The fourth-order valence-electron chi connectivity index (χ4n) is 0.632. The predicted octanol–water partition coefficient (Wildman–Crippen LogP) is 3.45. The van der Waals surface area contributed by atoms with E-state index in [1.165, 1.54) is 0 Å². The minimum Gasteiger partial charge on any atom is -0.481 e. The van der Waals surface area contributed by atoms with Crippen LogP contribution in [0.3, 0.4) is 0 Å². The highest BCUT2D eigenvalue weighted by molar-refractivity contribution is 5.14. The van der Waals surface area contributed by atoms with Gasteiger partial charge in [0.2, 0.25) is 5.88 Å². The molecule has 0 saturated carbocycles. The van der Waals surface area contributed by atoms with Gasteiger partial charge in [0, 0.05) is 11.8 Å². The van der Waals surface area contributed by atoms with Gasteiger partial charge < -0.3 is 4.74 Å². The summed E-state index contributed by atoms with van der Waals surface area (Å²) < 4.78 is 4.88. The zero-order valence-electron chi connectivity index (χ0n) is 9.59. The molecule has 1 heterocycles. The number of aromatic nitrogens is 1. The Morgan fingerprint density at radius 3 is 1.92 bits per heavy atom. The molecule has 0 N–H and O–H groups in total. The Kier molecular flexibility index (Phi) is 12.2. The van der Waals surface area contributed by atoms with Crippen LogP contribution in [-0.4, -0.2) is 12.1 Å². The van der Waals surface area contributed by atoms with Gasteiger partial charge in [0.25, 0.3) is 0 Å². The van der Waals surface area contributed by atoms with Crippen molar-refractivity contribution in [2.24, 2.45) is 0 Å². The SMILES string of the molecule is CC.CC.COc1cccc(C)n1. The van der Waals surface area contributed by atoms with Gasteiger partial charge >= 0.3 is 0 Å². The fraction of sp³-hybridized carbons (Fsp3) is 0.545. The van der Waals surface area contributed by atoms with E-state index in [9.17, 15) is 0 Å². The third-order valence-electron chi connectivity index (χ3n) is 1.07. The van der Waals surface area contributed by atoms with Crippen molar-refractivity contribution in [1.29, 1.82) is 0 Å². The average Bonchev–Trinajstić information content (AvgIpc) is 2.24. The van der Waals surface area contributed by atoms with Gasteiger partial charge in [-0.1, -0.05) is 33.8 Å². The van der Waals surface area contributed by atoms with Gasteiger partial charge in [0.1, 0.15) is 0 Å². The maximum Gasteiger partial charge on any atom is 0.213 e. The van der Waals surface area contributed by atoms with Crippen LogP contribution < -0.4 is 4.74 Å². The number of hydrogen-bond acceptors (Lipinski definition) is 2. The smallest absolute Gasteiger partial charge is 0.213 e. The van der Waals surface area contributed by atoms with Crippen molar-refractivity contribution < 1.29 is 4.74 Å². The van der Waals surface area contributed by atoms with Crippen LogP contribution in [-0.2, 0) is 0 Å². The molecule has 0 fully saturated rings. The van der Waals surface area contributed by atoms with E-state index >= 15 is 0 Å². The molecule has 0 saturated heterocycles. The van der Waals surface area contributed by atoms with Crippen LogP contribution in [0.15, 0.2) is 18.2 Å². The number of rotatable bonds is 1. The van der Waals surface area contributed by atoms with Crippen molar-refractivity contribution >= 4 is 0 Å². The molecule has 0 radical (unpaired) electrons. The molecule has 0 aromatic carbocycles. The second kappa shape index (κ2) is 11.0. The molecular weight excluding hydrogens is 162 g/mol. The van der Waals surface area contributed by atoms with Gasteiger partial charge in [-0.3, -0.25) is 0 Å². The lowest BCUT2D eigenvalue weighted by Gasteiger charge is -1.96. The summed E-state index contributed by atoms with van der Waals surface area (Å²) in [5, 5.41) is 0. The number of methoxy groups -OCH3 is 1. The minimum absolute atomic E-state index is 0.676. The molecule has 2 nitrogen and oxygen atoms in total. The second-order valence-corrected chi connectivity index (χ2v) is 1.82. The van der Waals surface area contributed by atoms with E-state index < -0.39 is 0 Å². The molecule has 0 aliphatic carbocycles. The summed E-state index contributed by atoms with van der Waals surface area (Å²) in [6.45, 7) is 9.93. The maximum absolute atomic E-state index is 4.88. The van der Waals surface area contributed by atoms with Gasteiger partial charge in [-0.25, -0.2) is 4.98 Å². The molecule has 0 bridgehead atoms. The van der Waals surface area contributed by atoms with Gasteiger partial charge in [-0.15, -0.1) is 0 Å². The minimum atomic E-state index is 0.676. The van der Waals surface area contributed by atoms with E-state index in [1.54, 1.807) is 7.11 Å². The Balaban J connectivity index is 0. The number of ether oxygens (including phenoxy) is 1. The van der Waals surface area contributed by atoms with Gasteiger partial charge in [0.15, 0.2) is 0 Å². The molecule has 0 spiro atoms. The van der Waals surface area contributed by atoms with Crippen molar-refractivity contribution in [1.82, 2.24) is 4.98 Å². The third-order valence-corrected chi connectivity index (χ3v) is 1.07. The van der Waals surface area contributed by atoms with Crippen LogP contribution in [0.5, 0.6) is 5.88 Å². The lowest BCUT2D eigenvalue weighted by Crippen LogP contribution is -1.87. The van der Waals surface area contributed by atoms with E-state index in [0.717, 1.165) is 5.69 Å². The quantitative estimate of drug-likeness (QED) is 0.665. The second-order valence-electron chi connectivity index (χ2n) is 1.82. The first kappa shape index (κ1) is 14.5. The largest absolute Gasteiger partial charge is 0.481 e. The predicted molar refractivity (Wildman–Crippen MR) is 58.2 cm³/mol. The van der Waals surface area contributed by atoms with Gasteiger partial charge in [-0.2, -0.15) is 0 Å². The lowest BCUT2D eigenvalue weighted by molar-refractivity contribution is 0.397. The van der Waals surface area contributed by atoms with E-state index in [2.05, 4.69) is 4.98 Å². The molecule has 0 unspecified atom stereocenters. The summed E-state index contributed by atoms with van der Waals surface area (Å²) in [5.41, 5.74) is 0.981. The summed E-state index contributed by atoms with van der Waals surface area (Å²) in [7, 11) is 1.61. The molecule has 0 amide bonds. The van der Waals surface area contributed by atoms with Crippen molar-refractivity contribution in [2.75, 3.05) is 7.11 Å². The maximum atomic E-state index is 4.88. The van der Waals surface area contributed by atoms with Crippen molar-refractivity contribution in [3.63, 3.8) is 0 Å². The molecule has 0 aliphatic rings. The monoisotopic (exact) mass is 183 g/mol.